The molecule has 5 rings (SSSR count). The monoisotopic (exact) mass is 825 g/mol. The number of hydrogen-bond acceptors (Lipinski definition) is 9. The Labute approximate surface area is 332 Å². The molecule has 0 saturated carbocycles. The summed E-state index contributed by atoms with van der Waals surface area (Å²) < 4.78 is 8.96. The van der Waals surface area contributed by atoms with E-state index in [1.54, 1.807) is 35.7 Å². The molecule has 53 heavy (non-hydrogen) atoms. The summed E-state index contributed by atoms with van der Waals surface area (Å²) in [6.07, 6.45) is 3.73. The van der Waals surface area contributed by atoms with Crippen LogP contribution in [0.15, 0.2) is 51.4 Å². The van der Waals surface area contributed by atoms with Gasteiger partial charge in [0.25, 0.3) is 0 Å². The van der Waals surface area contributed by atoms with Gasteiger partial charge < -0.3 is 35.0 Å². The van der Waals surface area contributed by atoms with Crippen LogP contribution in [-0.4, -0.2) is 125 Å². The lowest BCUT2D eigenvalue weighted by atomic mass is 10.0. The van der Waals surface area contributed by atoms with Gasteiger partial charge in [-0.1, -0.05) is 23.2 Å². The Hall–Kier alpha value is -2.92. The molecule has 17 heteroatoms. The van der Waals surface area contributed by atoms with E-state index in [1.807, 2.05) is 4.90 Å². The molecule has 0 bridgehead atoms. The number of aromatic nitrogens is 1. The number of nitrogens with one attached hydrogen (secondary N) is 2. The number of pyridine rings is 1. The van der Waals surface area contributed by atoms with E-state index in [-0.39, 0.29) is 23.1 Å². The standard InChI is InChI=1S/C36H43Cl2N5O7S3/c1-22-13-26(14-23(2)41(22)7-4-8-43(3)9-11-50-12-10-43)51-19-25-20-53-35-29(18-42(35)33(25)36(48)49)40-31(45)21-52-34-27(37)15-24(16-28(34)38)5-6-30(44)39-17-32(46)47/h5-6,13-16,29,35H,4,7-12,17-21H2,1-3H3,(H2-2,39,40,44,45,46,47,48,49)/p+2/b6-5+/t29-,35-/m1/s1. The highest BCUT2D eigenvalue weighted by atomic mass is 35.5. The van der Waals surface area contributed by atoms with E-state index < -0.39 is 24.4 Å². The number of hydrogen-bond donors (Lipinski definition) is 4. The lowest BCUT2D eigenvalue weighted by Gasteiger charge is -2.52. The number of quaternary nitrogens is 1. The maximum absolute atomic E-state index is 13.0. The summed E-state index contributed by atoms with van der Waals surface area (Å²) in [5.41, 5.74) is 4.12. The van der Waals surface area contributed by atoms with Crippen LogP contribution in [-0.2, 0) is 30.5 Å². The molecule has 2 atom stereocenters. The number of fused-ring (bicyclic) bond motifs is 1. The summed E-state index contributed by atoms with van der Waals surface area (Å²) in [5, 5.41) is 24.6. The second-order valence-electron chi connectivity index (χ2n) is 13.5. The number of likely N-dealkylation sites (N-methyl/N-ethyl adjacent to an activating group) is 1. The summed E-state index contributed by atoms with van der Waals surface area (Å²) in [5.74, 6) is -1.72. The average molecular weight is 827 g/mol. The minimum absolute atomic E-state index is 0.0492. The Balaban J connectivity index is 1.11. The molecule has 0 spiro atoms. The van der Waals surface area contributed by atoms with Crippen molar-refractivity contribution in [1.82, 2.24) is 15.5 Å². The van der Waals surface area contributed by atoms with Crippen molar-refractivity contribution < 1.29 is 43.2 Å². The van der Waals surface area contributed by atoms with Gasteiger partial charge in [0.1, 0.15) is 25.3 Å². The number of carbonyl (C=O) groups is 4. The molecule has 0 unspecified atom stereocenters. The number of benzene rings is 1. The number of aliphatic carboxylic acids is 2. The number of halogens is 2. The number of aryl methyl sites for hydroxylation is 2. The third-order valence-corrected chi connectivity index (χ3v) is 13.9. The van der Waals surface area contributed by atoms with Crippen molar-refractivity contribution in [3.8, 4) is 0 Å². The molecule has 286 valence electrons. The summed E-state index contributed by atoms with van der Waals surface area (Å²) >= 11 is 17.4. The van der Waals surface area contributed by atoms with Crippen LogP contribution in [0, 0.1) is 13.8 Å². The molecule has 2 saturated heterocycles. The largest absolute Gasteiger partial charge is 0.480 e. The van der Waals surface area contributed by atoms with Gasteiger partial charge in [0, 0.05) is 59.9 Å². The fourth-order valence-electron chi connectivity index (χ4n) is 6.57. The molecule has 4 heterocycles. The van der Waals surface area contributed by atoms with Gasteiger partial charge in [-0.05, 0) is 29.3 Å². The highest BCUT2D eigenvalue weighted by Gasteiger charge is 2.46. The molecule has 0 aliphatic carbocycles. The minimum Gasteiger partial charge on any atom is -0.480 e. The number of rotatable bonds is 16. The number of ether oxygens (including phenoxy) is 1. The van der Waals surface area contributed by atoms with Crippen LogP contribution in [0.1, 0.15) is 23.4 Å². The summed E-state index contributed by atoms with van der Waals surface area (Å²) in [7, 11) is 2.31. The van der Waals surface area contributed by atoms with Crippen molar-refractivity contribution in [2.45, 2.75) is 48.0 Å². The van der Waals surface area contributed by atoms with E-state index >= 15 is 0 Å². The number of amides is 2. The maximum atomic E-state index is 13.0. The van der Waals surface area contributed by atoms with Crippen molar-refractivity contribution in [3.05, 3.63) is 68.6 Å². The van der Waals surface area contributed by atoms with Crippen LogP contribution >= 0.6 is 58.5 Å². The second-order valence-corrected chi connectivity index (χ2v) is 17.5. The molecule has 12 nitrogen and oxygen atoms in total. The van der Waals surface area contributed by atoms with Gasteiger partial charge in [-0.25, -0.2) is 4.79 Å². The zero-order chi connectivity index (χ0) is 38.3. The normalized spacial score (nSPS) is 19.5. The number of morpholine rings is 1. The van der Waals surface area contributed by atoms with Gasteiger partial charge in [-0.2, -0.15) is 4.57 Å². The lowest BCUT2D eigenvalue weighted by molar-refractivity contribution is -0.919. The first-order valence-electron chi connectivity index (χ1n) is 17.2. The highest BCUT2D eigenvalue weighted by molar-refractivity contribution is 8.01. The molecule has 0 radical (unpaired) electrons. The maximum Gasteiger partial charge on any atom is 0.352 e. The van der Waals surface area contributed by atoms with E-state index in [9.17, 15) is 24.3 Å². The van der Waals surface area contributed by atoms with E-state index in [4.69, 9.17) is 33.0 Å². The quantitative estimate of drug-likeness (QED) is 0.0841. The van der Waals surface area contributed by atoms with Crippen molar-refractivity contribution >= 4 is 88.3 Å². The summed E-state index contributed by atoms with van der Waals surface area (Å²) in [6, 6.07) is 7.37. The molecule has 2 amide bonds. The predicted octanol–water partition coefficient (Wildman–Crippen LogP) is 4.08. The van der Waals surface area contributed by atoms with Gasteiger partial charge in [0.2, 0.25) is 11.8 Å². The van der Waals surface area contributed by atoms with Gasteiger partial charge in [-0.15, -0.1) is 35.3 Å². The fourth-order valence-corrected chi connectivity index (χ4v) is 10.7. The summed E-state index contributed by atoms with van der Waals surface area (Å²) in [6.45, 7) is 10.0. The van der Waals surface area contributed by atoms with Crippen molar-refractivity contribution in [2.75, 3.05) is 70.2 Å². The fraction of sp³-hybridized carbons (Fsp3) is 0.472. The summed E-state index contributed by atoms with van der Waals surface area (Å²) in [4.78, 5) is 51.3. The van der Waals surface area contributed by atoms with Gasteiger partial charge >= 0.3 is 11.9 Å². The van der Waals surface area contributed by atoms with Crippen LogP contribution in [0.5, 0.6) is 0 Å². The van der Waals surface area contributed by atoms with Crippen molar-refractivity contribution in [1.29, 1.82) is 0 Å². The van der Waals surface area contributed by atoms with Crippen molar-refractivity contribution in [3.63, 3.8) is 0 Å². The molecule has 1 aromatic heterocycles. The Morgan fingerprint density at radius 2 is 1.75 bits per heavy atom. The molecule has 1 aromatic carbocycles. The van der Waals surface area contributed by atoms with Crippen LogP contribution in [0.4, 0.5) is 0 Å². The average Bonchev–Trinajstić information content (AvgIpc) is 3.08. The first-order chi connectivity index (χ1) is 25.2. The zero-order valence-corrected chi connectivity index (χ0v) is 33.8. The molecular weight excluding hydrogens is 782 g/mol. The van der Waals surface area contributed by atoms with Gasteiger partial charge in [0.05, 0.1) is 60.4 Å². The lowest BCUT2D eigenvalue weighted by Crippen LogP contribution is -2.66. The SMILES string of the molecule is Cc1cc(SCC2=C(C(=O)O)N3C[C@@H](NC(=O)CSc4c(Cl)cc(/C=C/C(=O)NCC(=O)O)cc4Cl)[C@H]3SC2)cc(C)[n+]1CCC[N+]1(C)CCOCC1. The second kappa shape index (κ2) is 18.6. The molecule has 2 fully saturated rings. The number of nitrogens with zero attached hydrogens (tertiary/aromatic N) is 3. The molecule has 3 aliphatic heterocycles. The third-order valence-electron chi connectivity index (χ3n) is 9.45. The minimum atomic E-state index is -1.15. The number of carboxylic acids is 2. The third kappa shape index (κ3) is 11.1. The first kappa shape index (κ1) is 41.2. The highest BCUT2D eigenvalue weighted by Crippen LogP contribution is 2.41. The smallest absolute Gasteiger partial charge is 0.352 e. The zero-order valence-electron chi connectivity index (χ0n) is 29.9. The predicted molar refractivity (Wildman–Crippen MR) is 209 cm³/mol. The van der Waals surface area contributed by atoms with Crippen LogP contribution < -0.4 is 15.2 Å². The van der Waals surface area contributed by atoms with Gasteiger partial charge in [-0.3, -0.25) is 14.4 Å². The van der Waals surface area contributed by atoms with E-state index in [0.717, 1.165) is 60.8 Å². The van der Waals surface area contributed by atoms with Crippen LogP contribution in [0.3, 0.4) is 0 Å². The Morgan fingerprint density at radius 3 is 2.40 bits per heavy atom. The first-order valence-corrected chi connectivity index (χ1v) is 21.0. The molecule has 3 aliphatic rings. The topological polar surface area (TPSA) is 149 Å². The van der Waals surface area contributed by atoms with E-state index in [2.05, 4.69) is 48.2 Å². The van der Waals surface area contributed by atoms with E-state index in [0.29, 0.717) is 44.3 Å². The number of carbonyl (C=O) groups excluding carboxylic acids is 2. The molecule has 2 aromatic rings. The van der Waals surface area contributed by atoms with E-state index in [1.165, 1.54) is 35.3 Å². The number of carboxylic acid groups (broad SMARTS) is 2. The molecule has 4 N–H and O–H groups in total. The van der Waals surface area contributed by atoms with Crippen molar-refractivity contribution in [2.24, 2.45) is 0 Å². The Morgan fingerprint density at radius 1 is 1.08 bits per heavy atom. The van der Waals surface area contributed by atoms with Gasteiger partial charge in [0.15, 0.2) is 17.9 Å². The van der Waals surface area contributed by atoms with Crippen LogP contribution in [0.25, 0.3) is 6.08 Å². The molecular formula is C36H45Cl2N5O7S3+2. The van der Waals surface area contributed by atoms with Crippen LogP contribution in [0.2, 0.25) is 10.0 Å². The Bertz CT molecular complexity index is 1760. The number of thioether (sulfide) groups is 3. The Kier molecular flexibility index (Phi) is 14.5.